The molecular weight excluding hydrogens is 236 g/mol. The molecule has 0 N–H and O–H groups in total. The van der Waals surface area contributed by atoms with E-state index < -0.39 is 0 Å². The van der Waals surface area contributed by atoms with Gasteiger partial charge in [-0.15, -0.1) is 0 Å². The summed E-state index contributed by atoms with van der Waals surface area (Å²) < 4.78 is 5.33. The zero-order chi connectivity index (χ0) is 13.8. The normalized spacial score (nSPS) is 10.3. The summed E-state index contributed by atoms with van der Waals surface area (Å²) in [6.45, 7) is 4.02. The van der Waals surface area contributed by atoms with E-state index in [-0.39, 0.29) is 5.78 Å². The topological polar surface area (TPSA) is 26.3 Å². The summed E-state index contributed by atoms with van der Waals surface area (Å²) in [6.07, 6.45) is 0.368. The number of carbonyl (C=O) groups is 1. The molecule has 0 saturated carbocycles. The van der Waals surface area contributed by atoms with Gasteiger partial charge in [-0.1, -0.05) is 42.0 Å². The molecule has 0 bridgehead atoms. The molecule has 2 rings (SSSR count). The summed E-state index contributed by atoms with van der Waals surface area (Å²) in [6, 6.07) is 13.6. The van der Waals surface area contributed by atoms with Crippen LogP contribution in [-0.4, -0.2) is 12.9 Å². The summed E-state index contributed by atoms with van der Waals surface area (Å²) in [7, 11) is 1.63. The Labute approximate surface area is 114 Å². The molecule has 0 spiro atoms. The minimum Gasteiger partial charge on any atom is -0.496 e. The molecule has 0 saturated heterocycles. The number of methoxy groups -OCH3 is 1. The van der Waals surface area contributed by atoms with Crippen LogP contribution in [-0.2, 0) is 6.42 Å². The van der Waals surface area contributed by atoms with Gasteiger partial charge in [0.15, 0.2) is 5.78 Å². The first-order valence-corrected chi connectivity index (χ1v) is 6.33. The molecule has 0 unspecified atom stereocenters. The van der Waals surface area contributed by atoms with Gasteiger partial charge in [-0.25, -0.2) is 0 Å². The fourth-order valence-electron chi connectivity index (χ4n) is 2.01. The van der Waals surface area contributed by atoms with E-state index in [1.54, 1.807) is 7.11 Å². The van der Waals surface area contributed by atoms with Crippen molar-refractivity contribution in [3.05, 3.63) is 64.7 Å². The van der Waals surface area contributed by atoms with E-state index >= 15 is 0 Å². The van der Waals surface area contributed by atoms with Crippen molar-refractivity contribution in [1.82, 2.24) is 0 Å². The third-order valence-corrected chi connectivity index (χ3v) is 3.17. The van der Waals surface area contributed by atoms with Crippen molar-refractivity contribution in [3.63, 3.8) is 0 Å². The molecule has 0 atom stereocenters. The van der Waals surface area contributed by atoms with Crippen LogP contribution in [0.5, 0.6) is 5.75 Å². The Morgan fingerprint density at radius 3 is 2.26 bits per heavy atom. The predicted octanol–water partition coefficient (Wildman–Crippen LogP) is 3.74. The molecule has 0 radical (unpaired) electrons. The quantitative estimate of drug-likeness (QED) is 0.777. The Morgan fingerprint density at radius 2 is 1.63 bits per heavy atom. The Hall–Kier alpha value is -2.09. The van der Waals surface area contributed by atoms with Crippen molar-refractivity contribution in [2.24, 2.45) is 0 Å². The van der Waals surface area contributed by atoms with Crippen LogP contribution in [0.15, 0.2) is 42.5 Å². The lowest BCUT2D eigenvalue weighted by Gasteiger charge is -2.09. The summed E-state index contributed by atoms with van der Waals surface area (Å²) in [5.41, 5.74) is 3.96. The van der Waals surface area contributed by atoms with Crippen molar-refractivity contribution in [1.29, 1.82) is 0 Å². The molecule has 0 heterocycles. The largest absolute Gasteiger partial charge is 0.496 e. The van der Waals surface area contributed by atoms with Gasteiger partial charge < -0.3 is 4.74 Å². The second-order valence-corrected chi connectivity index (χ2v) is 4.78. The van der Waals surface area contributed by atoms with Gasteiger partial charge in [0.05, 0.1) is 7.11 Å². The van der Waals surface area contributed by atoms with Crippen LogP contribution < -0.4 is 4.74 Å². The van der Waals surface area contributed by atoms with Gasteiger partial charge in [-0.05, 0) is 25.5 Å². The first kappa shape index (κ1) is 13.3. The maximum absolute atomic E-state index is 12.2. The van der Waals surface area contributed by atoms with Crippen molar-refractivity contribution in [2.45, 2.75) is 20.3 Å². The van der Waals surface area contributed by atoms with Crippen LogP contribution in [0.4, 0.5) is 0 Å². The number of hydrogen-bond donors (Lipinski definition) is 0. The fourth-order valence-corrected chi connectivity index (χ4v) is 2.01. The molecule has 2 aromatic carbocycles. The summed E-state index contributed by atoms with van der Waals surface area (Å²) in [4.78, 5) is 12.2. The molecule has 0 aliphatic rings. The van der Waals surface area contributed by atoms with E-state index in [1.165, 1.54) is 0 Å². The van der Waals surface area contributed by atoms with E-state index in [1.807, 2.05) is 56.3 Å². The smallest absolute Gasteiger partial charge is 0.167 e. The Bertz CT molecular complexity index is 583. The first-order valence-electron chi connectivity index (χ1n) is 6.33. The minimum atomic E-state index is 0.113. The number of benzene rings is 2. The molecule has 0 aliphatic heterocycles. The molecule has 19 heavy (non-hydrogen) atoms. The molecule has 2 heteroatoms. The van der Waals surface area contributed by atoms with E-state index in [0.29, 0.717) is 6.42 Å². The molecule has 2 aromatic rings. The highest BCUT2D eigenvalue weighted by molar-refractivity contribution is 5.97. The highest BCUT2D eigenvalue weighted by atomic mass is 16.5. The Kier molecular flexibility index (Phi) is 4.00. The van der Waals surface area contributed by atoms with Gasteiger partial charge >= 0.3 is 0 Å². The van der Waals surface area contributed by atoms with Crippen LogP contribution in [0, 0.1) is 13.8 Å². The average molecular weight is 254 g/mol. The predicted molar refractivity (Wildman–Crippen MR) is 76.9 cm³/mol. The molecule has 0 amide bonds. The van der Waals surface area contributed by atoms with E-state index in [4.69, 9.17) is 4.74 Å². The number of carbonyl (C=O) groups excluding carboxylic acids is 1. The van der Waals surface area contributed by atoms with Gasteiger partial charge in [0, 0.05) is 17.5 Å². The van der Waals surface area contributed by atoms with Gasteiger partial charge in [0.1, 0.15) is 5.75 Å². The summed E-state index contributed by atoms with van der Waals surface area (Å²) >= 11 is 0. The van der Waals surface area contributed by atoms with Crippen LogP contribution in [0.2, 0.25) is 0 Å². The first-order chi connectivity index (χ1) is 9.10. The van der Waals surface area contributed by atoms with Crippen LogP contribution in [0.3, 0.4) is 0 Å². The SMILES string of the molecule is COc1cc(C)ccc1CC(=O)c1ccc(C)cc1. The fraction of sp³-hybridized carbons (Fsp3) is 0.235. The van der Waals surface area contributed by atoms with Crippen LogP contribution in [0.25, 0.3) is 0 Å². The van der Waals surface area contributed by atoms with Gasteiger partial charge in [-0.2, -0.15) is 0 Å². The number of rotatable bonds is 4. The molecule has 0 aromatic heterocycles. The van der Waals surface area contributed by atoms with Gasteiger partial charge in [-0.3, -0.25) is 4.79 Å². The van der Waals surface area contributed by atoms with E-state index in [0.717, 1.165) is 28.0 Å². The molecule has 98 valence electrons. The number of hydrogen-bond acceptors (Lipinski definition) is 2. The second kappa shape index (κ2) is 5.70. The van der Waals surface area contributed by atoms with Crippen molar-refractivity contribution < 1.29 is 9.53 Å². The Balaban J connectivity index is 2.21. The van der Waals surface area contributed by atoms with Crippen molar-refractivity contribution in [3.8, 4) is 5.75 Å². The monoisotopic (exact) mass is 254 g/mol. The number of ether oxygens (including phenoxy) is 1. The third-order valence-electron chi connectivity index (χ3n) is 3.17. The zero-order valence-corrected chi connectivity index (χ0v) is 11.6. The average Bonchev–Trinajstić information content (AvgIpc) is 2.41. The number of ketones is 1. The van der Waals surface area contributed by atoms with Crippen LogP contribution in [0.1, 0.15) is 27.0 Å². The molecule has 0 aliphatic carbocycles. The second-order valence-electron chi connectivity index (χ2n) is 4.78. The minimum absolute atomic E-state index is 0.113. The van der Waals surface area contributed by atoms with Crippen molar-refractivity contribution in [2.75, 3.05) is 7.11 Å². The molecular formula is C17H18O2. The third kappa shape index (κ3) is 3.22. The lowest BCUT2D eigenvalue weighted by atomic mass is 10.0. The van der Waals surface area contributed by atoms with E-state index in [9.17, 15) is 4.79 Å². The van der Waals surface area contributed by atoms with Gasteiger partial charge in [0.2, 0.25) is 0 Å². The lowest BCUT2D eigenvalue weighted by Crippen LogP contribution is -2.05. The molecule has 0 fully saturated rings. The maximum Gasteiger partial charge on any atom is 0.167 e. The standard InChI is InChI=1S/C17H18O2/c1-12-4-7-14(8-5-12)16(18)11-15-9-6-13(2)10-17(15)19-3/h4-10H,11H2,1-3H3. The zero-order valence-electron chi connectivity index (χ0n) is 11.6. The van der Waals surface area contributed by atoms with Crippen LogP contribution >= 0.6 is 0 Å². The van der Waals surface area contributed by atoms with Gasteiger partial charge in [0.25, 0.3) is 0 Å². The Morgan fingerprint density at radius 1 is 1.00 bits per heavy atom. The summed E-state index contributed by atoms with van der Waals surface area (Å²) in [5.74, 6) is 0.891. The number of aryl methyl sites for hydroxylation is 2. The highest BCUT2D eigenvalue weighted by Gasteiger charge is 2.10. The maximum atomic E-state index is 12.2. The van der Waals surface area contributed by atoms with E-state index in [2.05, 4.69) is 0 Å². The summed E-state index contributed by atoms with van der Waals surface area (Å²) in [5, 5.41) is 0. The van der Waals surface area contributed by atoms with Crippen molar-refractivity contribution >= 4 is 5.78 Å². The molecule has 2 nitrogen and oxygen atoms in total. The number of Topliss-reactive ketones (excluding diaryl/α,β-unsaturated/α-hetero) is 1. The highest BCUT2D eigenvalue weighted by Crippen LogP contribution is 2.21. The lowest BCUT2D eigenvalue weighted by molar-refractivity contribution is 0.0992.